The van der Waals surface area contributed by atoms with Gasteiger partial charge in [-0.05, 0) is 32.0 Å². The summed E-state index contributed by atoms with van der Waals surface area (Å²) in [7, 11) is 2.14. The van der Waals surface area contributed by atoms with Crippen molar-refractivity contribution in [3.63, 3.8) is 0 Å². The van der Waals surface area contributed by atoms with Crippen LogP contribution >= 0.6 is 11.3 Å². The molecule has 2 bridgehead atoms. The molecule has 0 radical (unpaired) electrons. The Morgan fingerprint density at radius 3 is 2.61 bits per heavy atom. The molecule has 1 saturated carbocycles. The van der Waals surface area contributed by atoms with E-state index in [9.17, 15) is 5.11 Å². The van der Waals surface area contributed by atoms with Crippen LogP contribution in [0.15, 0.2) is 12.1 Å². The average Bonchev–Trinajstić information content (AvgIpc) is 2.80. The van der Waals surface area contributed by atoms with Gasteiger partial charge in [0.15, 0.2) is 0 Å². The molecular weight excluding hydrogens is 244 g/mol. The highest BCUT2D eigenvalue weighted by Crippen LogP contribution is 2.50. The second-order valence-electron chi connectivity index (χ2n) is 5.65. The maximum atomic E-state index is 11.2. The predicted octanol–water partition coefficient (Wildman–Crippen LogP) is 2.17. The molecule has 2 fully saturated rings. The highest BCUT2D eigenvalue weighted by molar-refractivity contribution is 7.12. The molecule has 96 valence electrons. The Morgan fingerprint density at radius 1 is 1.39 bits per heavy atom. The molecule has 2 unspecified atom stereocenters. The molecule has 2 aliphatic rings. The van der Waals surface area contributed by atoms with Crippen molar-refractivity contribution in [2.75, 3.05) is 20.1 Å². The van der Waals surface area contributed by atoms with Crippen molar-refractivity contribution in [1.82, 2.24) is 4.90 Å². The van der Waals surface area contributed by atoms with Crippen LogP contribution in [-0.2, 0) is 5.60 Å². The largest absolute Gasteiger partial charge is 0.384 e. The Morgan fingerprint density at radius 2 is 2.06 bits per heavy atom. The third-order valence-electron chi connectivity index (χ3n) is 4.52. The van der Waals surface area contributed by atoms with Gasteiger partial charge in [-0.3, -0.25) is 0 Å². The zero-order valence-electron chi connectivity index (χ0n) is 10.6. The summed E-state index contributed by atoms with van der Waals surface area (Å²) in [6.45, 7) is 1.93. The van der Waals surface area contributed by atoms with Crippen LogP contribution < -0.4 is 0 Å². The van der Waals surface area contributed by atoms with Gasteiger partial charge >= 0.3 is 0 Å². The van der Waals surface area contributed by atoms with Gasteiger partial charge in [-0.25, -0.2) is 0 Å². The summed E-state index contributed by atoms with van der Waals surface area (Å²) in [5, 5.41) is 20.2. The normalized spacial score (nSPS) is 36.3. The molecular formula is C14H18N2OS. The molecule has 1 aliphatic heterocycles. The Kier molecular flexibility index (Phi) is 2.93. The van der Waals surface area contributed by atoms with Crippen LogP contribution in [0.4, 0.5) is 0 Å². The standard InChI is InChI=1S/C14H18N2OS/c1-16-8-10-3-2-4-11(9-16)14(10,17)13-6-5-12(7-15)18-13/h5-6,10-11,17H,2-4,8-9H2,1H3. The van der Waals surface area contributed by atoms with Crippen LogP contribution in [0.1, 0.15) is 29.0 Å². The summed E-state index contributed by atoms with van der Waals surface area (Å²) in [6.07, 6.45) is 3.41. The number of aliphatic hydroxyl groups is 1. The minimum atomic E-state index is -0.690. The lowest BCUT2D eigenvalue weighted by Gasteiger charge is -2.52. The van der Waals surface area contributed by atoms with Gasteiger partial charge in [0.2, 0.25) is 0 Å². The Labute approximate surface area is 112 Å². The van der Waals surface area contributed by atoms with Crippen molar-refractivity contribution in [2.45, 2.75) is 24.9 Å². The number of fused-ring (bicyclic) bond motifs is 2. The molecule has 2 atom stereocenters. The molecule has 1 saturated heterocycles. The van der Waals surface area contributed by atoms with Crippen molar-refractivity contribution < 1.29 is 5.11 Å². The van der Waals surface area contributed by atoms with Gasteiger partial charge in [-0.1, -0.05) is 6.42 Å². The fourth-order valence-corrected chi connectivity index (χ4v) is 4.74. The average molecular weight is 262 g/mol. The number of nitriles is 1. The first-order chi connectivity index (χ1) is 8.64. The van der Waals surface area contributed by atoms with Crippen molar-refractivity contribution in [3.8, 4) is 6.07 Å². The Balaban J connectivity index is 2.00. The number of nitrogens with zero attached hydrogens (tertiary/aromatic N) is 2. The van der Waals surface area contributed by atoms with Crippen LogP contribution in [0.5, 0.6) is 0 Å². The summed E-state index contributed by atoms with van der Waals surface area (Å²) in [5.74, 6) is 0.639. The molecule has 0 amide bonds. The molecule has 0 aromatic carbocycles. The molecule has 0 spiro atoms. The van der Waals surface area contributed by atoms with Crippen molar-refractivity contribution in [1.29, 1.82) is 5.26 Å². The zero-order valence-corrected chi connectivity index (χ0v) is 11.4. The van der Waals surface area contributed by atoms with Crippen LogP contribution in [0.25, 0.3) is 0 Å². The molecule has 2 heterocycles. The molecule has 1 aromatic heterocycles. The first kappa shape index (κ1) is 12.2. The van der Waals surface area contributed by atoms with Gasteiger partial charge in [-0.2, -0.15) is 5.26 Å². The fourth-order valence-electron chi connectivity index (χ4n) is 3.69. The lowest BCUT2D eigenvalue weighted by atomic mass is 9.65. The van der Waals surface area contributed by atoms with E-state index in [2.05, 4.69) is 18.0 Å². The van der Waals surface area contributed by atoms with Gasteiger partial charge in [-0.15, -0.1) is 11.3 Å². The highest BCUT2D eigenvalue weighted by atomic mass is 32.1. The third-order valence-corrected chi connectivity index (χ3v) is 5.66. The first-order valence-corrected chi connectivity index (χ1v) is 7.37. The second kappa shape index (κ2) is 4.34. The summed E-state index contributed by atoms with van der Waals surface area (Å²) in [6, 6.07) is 5.97. The summed E-state index contributed by atoms with van der Waals surface area (Å²) in [4.78, 5) is 4.04. The lowest BCUT2D eigenvalue weighted by Crippen LogP contribution is -2.56. The van der Waals surface area contributed by atoms with E-state index in [1.165, 1.54) is 17.8 Å². The molecule has 1 N–H and O–H groups in total. The molecule has 1 aliphatic carbocycles. The minimum absolute atomic E-state index is 0.320. The minimum Gasteiger partial charge on any atom is -0.384 e. The third kappa shape index (κ3) is 1.70. The van der Waals surface area contributed by atoms with Gasteiger partial charge in [0, 0.05) is 29.8 Å². The van der Waals surface area contributed by atoms with Gasteiger partial charge in [0.25, 0.3) is 0 Å². The highest BCUT2D eigenvalue weighted by Gasteiger charge is 2.51. The van der Waals surface area contributed by atoms with E-state index in [0.717, 1.165) is 30.8 Å². The van der Waals surface area contributed by atoms with Crippen molar-refractivity contribution in [3.05, 3.63) is 21.9 Å². The predicted molar refractivity (Wildman–Crippen MR) is 71.3 cm³/mol. The lowest BCUT2D eigenvalue weighted by molar-refractivity contribution is -0.140. The van der Waals surface area contributed by atoms with E-state index < -0.39 is 5.60 Å². The zero-order chi connectivity index (χ0) is 12.8. The van der Waals surface area contributed by atoms with E-state index in [0.29, 0.717) is 16.7 Å². The van der Waals surface area contributed by atoms with E-state index in [-0.39, 0.29) is 0 Å². The van der Waals surface area contributed by atoms with Crippen LogP contribution in [-0.4, -0.2) is 30.1 Å². The van der Waals surface area contributed by atoms with Crippen LogP contribution in [0, 0.1) is 23.2 Å². The maximum absolute atomic E-state index is 11.2. The molecule has 1 aromatic rings. The number of rotatable bonds is 1. The monoisotopic (exact) mass is 262 g/mol. The molecule has 4 heteroatoms. The molecule has 3 nitrogen and oxygen atoms in total. The Bertz CT molecular complexity index is 476. The maximum Gasteiger partial charge on any atom is 0.110 e. The van der Waals surface area contributed by atoms with E-state index >= 15 is 0 Å². The van der Waals surface area contributed by atoms with Gasteiger partial charge in [0.1, 0.15) is 16.5 Å². The fraction of sp³-hybridized carbons (Fsp3) is 0.643. The van der Waals surface area contributed by atoms with E-state index in [1.54, 1.807) is 0 Å². The quantitative estimate of drug-likeness (QED) is 0.843. The second-order valence-corrected chi connectivity index (χ2v) is 6.73. The number of likely N-dealkylation sites (tertiary alicyclic amines) is 1. The number of piperidine rings is 1. The van der Waals surface area contributed by atoms with E-state index in [4.69, 9.17) is 5.26 Å². The van der Waals surface area contributed by atoms with Gasteiger partial charge < -0.3 is 10.0 Å². The SMILES string of the molecule is CN1CC2CCCC(C1)C2(O)c1ccc(C#N)s1. The molecule has 18 heavy (non-hydrogen) atoms. The van der Waals surface area contributed by atoms with Crippen LogP contribution in [0.3, 0.4) is 0 Å². The van der Waals surface area contributed by atoms with Gasteiger partial charge in [0.05, 0.1) is 0 Å². The number of hydrogen-bond acceptors (Lipinski definition) is 4. The van der Waals surface area contributed by atoms with Crippen LogP contribution in [0.2, 0.25) is 0 Å². The number of hydrogen-bond donors (Lipinski definition) is 1. The van der Waals surface area contributed by atoms with Crippen molar-refractivity contribution in [2.24, 2.45) is 11.8 Å². The van der Waals surface area contributed by atoms with Crippen molar-refractivity contribution >= 4 is 11.3 Å². The molecule has 3 rings (SSSR count). The smallest absolute Gasteiger partial charge is 0.110 e. The summed E-state index contributed by atoms with van der Waals surface area (Å²) >= 11 is 1.47. The first-order valence-electron chi connectivity index (χ1n) is 6.56. The topological polar surface area (TPSA) is 47.3 Å². The summed E-state index contributed by atoms with van der Waals surface area (Å²) in [5.41, 5.74) is -0.690. The summed E-state index contributed by atoms with van der Waals surface area (Å²) < 4.78 is 0. The number of thiophene rings is 1. The van der Waals surface area contributed by atoms with E-state index in [1.807, 2.05) is 12.1 Å². The Hall–Kier alpha value is -0.890.